The summed E-state index contributed by atoms with van der Waals surface area (Å²) in [6.07, 6.45) is 1.39. The van der Waals surface area contributed by atoms with E-state index < -0.39 is 0 Å². The third kappa shape index (κ3) is 2.03. The fourth-order valence-electron chi connectivity index (χ4n) is 1.03. The molecule has 0 radical (unpaired) electrons. The second kappa shape index (κ2) is 3.94. The van der Waals surface area contributed by atoms with Gasteiger partial charge in [0.2, 0.25) is 0 Å². The van der Waals surface area contributed by atoms with Crippen molar-refractivity contribution in [1.82, 2.24) is 9.36 Å². The molecule has 2 rings (SSSR count). The van der Waals surface area contributed by atoms with Crippen molar-refractivity contribution in [3.8, 4) is 17.0 Å². The van der Waals surface area contributed by atoms with Crippen molar-refractivity contribution in [3.63, 3.8) is 0 Å². The molecular weight excluding hydrogens is 212 g/mol. The number of anilines is 1. The van der Waals surface area contributed by atoms with Gasteiger partial charge < -0.3 is 10.5 Å². The van der Waals surface area contributed by atoms with Gasteiger partial charge >= 0.3 is 0 Å². The van der Waals surface area contributed by atoms with E-state index in [1.165, 1.54) is 6.33 Å². The maximum absolute atomic E-state index is 8.85. The minimum Gasteiger partial charge on any atom is -0.428 e. The smallest absolute Gasteiger partial charge is 0.298 e. The highest BCUT2D eigenvalue weighted by molar-refractivity contribution is 7.07. The van der Waals surface area contributed by atoms with E-state index in [0.29, 0.717) is 22.2 Å². The van der Waals surface area contributed by atoms with Gasteiger partial charge in [-0.1, -0.05) is 0 Å². The minimum atomic E-state index is 0.380. The third-order valence-electron chi connectivity index (χ3n) is 1.66. The molecule has 0 amide bonds. The first-order valence-corrected chi connectivity index (χ1v) is 4.81. The summed E-state index contributed by atoms with van der Waals surface area (Å²) in [4.78, 5) is 3.85. The average molecular weight is 218 g/mol. The van der Waals surface area contributed by atoms with E-state index in [2.05, 4.69) is 9.36 Å². The Morgan fingerprint density at radius 3 is 3.00 bits per heavy atom. The quantitative estimate of drug-likeness (QED) is 0.776. The van der Waals surface area contributed by atoms with Crippen LogP contribution in [0.25, 0.3) is 0 Å². The van der Waals surface area contributed by atoms with Gasteiger partial charge in [0.1, 0.15) is 18.1 Å². The first-order valence-electron chi connectivity index (χ1n) is 4.04. The summed E-state index contributed by atoms with van der Waals surface area (Å²) in [5.74, 6) is 0.434. The van der Waals surface area contributed by atoms with Gasteiger partial charge in [0.15, 0.2) is 0 Å². The molecule has 0 aliphatic rings. The number of hydrogen-bond acceptors (Lipinski definition) is 6. The summed E-state index contributed by atoms with van der Waals surface area (Å²) in [6, 6.07) is 6.85. The molecule has 0 aliphatic heterocycles. The van der Waals surface area contributed by atoms with Gasteiger partial charge in [0.05, 0.1) is 5.56 Å². The van der Waals surface area contributed by atoms with Gasteiger partial charge in [-0.05, 0) is 18.2 Å². The van der Waals surface area contributed by atoms with Crippen LogP contribution < -0.4 is 10.5 Å². The topological polar surface area (TPSA) is 84.8 Å². The SMILES string of the molecule is N#Cc1cc(N)ccc1Oc1ncns1. The number of benzene rings is 1. The maximum atomic E-state index is 8.85. The van der Waals surface area contributed by atoms with Crippen LogP contribution in [0.4, 0.5) is 5.69 Å². The predicted octanol–water partition coefficient (Wildman–Crippen LogP) is 1.78. The van der Waals surface area contributed by atoms with E-state index in [-0.39, 0.29) is 0 Å². The number of nitrogens with zero attached hydrogens (tertiary/aromatic N) is 3. The highest BCUT2D eigenvalue weighted by Gasteiger charge is 2.06. The maximum Gasteiger partial charge on any atom is 0.298 e. The first kappa shape index (κ1) is 9.43. The van der Waals surface area contributed by atoms with Crippen molar-refractivity contribution >= 4 is 17.2 Å². The van der Waals surface area contributed by atoms with Crippen molar-refractivity contribution in [1.29, 1.82) is 5.26 Å². The molecule has 2 N–H and O–H groups in total. The van der Waals surface area contributed by atoms with Crippen molar-refractivity contribution in [2.75, 3.05) is 5.73 Å². The zero-order valence-electron chi connectivity index (χ0n) is 7.54. The fraction of sp³-hybridized carbons (Fsp3) is 0. The number of rotatable bonds is 2. The van der Waals surface area contributed by atoms with Crippen LogP contribution in [0.1, 0.15) is 5.56 Å². The summed E-state index contributed by atoms with van der Waals surface area (Å²) >= 11 is 1.12. The van der Waals surface area contributed by atoms with Crippen molar-refractivity contribution in [2.45, 2.75) is 0 Å². The molecule has 1 heterocycles. The summed E-state index contributed by atoms with van der Waals surface area (Å²) in [7, 11) is 0. The Labute approximate surface area is 89.9 Å². The average Bonchev–Trinajstić information content (AvgIpc) is 2.73. The van der Waals surface area contributed by atoms with E-state index in [9.17, 15) is 0 Å². The molecule has 0 fully saturated rings. The molecule has 0 unspecified atom stereocenters. The van der Waals surface area contributed by atoms with Gasteiger partial charge in [0.25, 0.3) is 5.19 Å². The summed E-state index contributed by atoms with van der Waals surface area (Å²) in [6.45, 7) is 0. The van der Waals surface area contributed by atoms with E-state index in [4.69, 9.17) is 15.7 Å². The number of ether oxygens (including phenoxy) is 1. The van der Waals surface area contributed by atoms with Crippen LogP contribution in [-0.2, 0) is 0 Å². The Balaban J connectivity index is 2.33. The molecule has 0 saturated heterocycles. The molecule has 0 atom stereocenters. The standard InChI is InChI=1S/C9H6N4OS/c10-4-6-3-7(11)1-2-8(6)14-9-12-5-13-15-9/h1-3,5H,11H2. The van der Waals surface area contributed by atoms with Crippen molar-refractivity contribution in [2.24, 2.45) is 0 Å². The Hall–Kier alpha value is -2.13. The third-order valence-corrected chi connectivity index (χ3v) is 2.21. The Bertz CT molecular complexity index is 503. The van der Waals surface area contributed by atoms with E-state index in [1.807, 2.05) is 6.07 Å². The van der Waals surface area contributed by atoms with Crippen molar-refractivity contribution in [3.05, 3.63) is 30.1 Å². The zero-order chi connectivity index (χ0) is 10.7. The molecule has 0 aliphatic carbocycles. The Morgan fingerprint density at radius 1 is 1.47 bits per heavy atom. The van der Waals surface area contributed by atoms with E-state index in [1.54, 1.807) is 18.2 Å². The fourth-order valence-corrected chi connectivity index (χ4v) is 1.43. The molecule has 2 aromatic rings. The minimum absolute atomic E-state index is 0.380. The van der Waals surface area contributed by atoms with E-state index >= 15 is 0 Å². The molecule has 0 saturated carbocycles. The normalized spacial score (nSPS) is 9.53. The Morgan fingerprint density at radius 2 is 2.33 bits per heavy atom. The van der Waals surface area contributed by atoms with Crippen LogP contribution in [0.5, 0.6) is 10.9 Å². The number of nitriles is 1. The lowest BCUT2D eigenvalue weighted by Gasteiger charge is -2.03. The van der Waals surface area contributed by atoms with Crippen LogP contribution in [0.2, 0.25) is 0 Å². The number of nitrogens with two attached hydrogens (primary N) is 1. The van der Waals surface area contributed by atoms with Gasteiger partial charge in [-0.15, -0.1) is 0 Å². The molecule has 0 bridgehead atoms. The largest absolute Gasteiger partial charge is 0.428 e. The monoisotopic (exact) mass is 218 g/mol. The highest BCUT2D eigenvalue weighted by atomic mass is 32.1. The lowest BCUT2D eigenvalue weighted by atomic mass is 10.2. The van der Waals surface area contributed by atoms with Gasteiger partial charge in [-0.2, -0.15) is 14.6 Å². The van der Waals surface area contributed by atoms with Gasteiger partial charge in [-0.25, -0.2) is 0 Å². The number of aromatic nitrogens is 2. The van der Waals surface area contributed by atoms with E-state index in [0.717, 1.165) is 11.5 Å². The molecule has 74 valence electrons. The van der Waals surface area contributed by atoms with Crippen LogP contribution in [-0.4, -0.2) is 9.36 Å². The second-order valence-corrected chi connectivity index (χ2v) is 3.42. The molecule has 5 nitrogen and oxygen atoms in total. The Kier molecular flexibility index (Phi) is 2.48. The van der Waals surface area contributed by atoms with Crippen LogP contribution >= 0.6 is 11.5 Å². The highest BCUT2D eigenvalue weighted by Crippen LogP contribution is 2.26. The van der Waals surface area contributed by atoms with Gasteiger partial charge in [-0.3, -0.25) is 0 Å². The van der Waals surface area contributed by atoms with Gasteiger partial charge in [0, 0.05) is 17.2 Å². The number of nitrogen functional groups attached to an aromatic ring is 1. The first-order chi connectivity index (χ1) is 7.29. The molecular formula is C9H6N4OS. The lowest BCUT2D eigenvalue weighted by molar-refractivity contribution is 0.477. The van der Waals surface area contributed by atoms with Crippen LogP contribution in [0, 0.1) is 11.3 Å². The lowest BCUT2D eigenvalue weighted by Crippen LogP contribution is -1.90. The summed E-state index contributed by atoms with van der Waals surface area (Å²) < 4.78 is 9.15. The van der Waals surface area contributed by atoms with Crippen LogP contribution in [0.15, 0.2) is 24.5 Å². The summed E-state index contributed by atoms with van der Waals surface area (Å²) in [5.41, 5.74) is 6.45. The molecule has 0 spiro atoms. The predicted molar refractivity (Wildman–Crippen MR) is 55.6 cm³/mol. The molecule has 1 aromatic heterocycles. The zero-order valence-corrected chi connectivity index (χ0v) is 8.36. The van der Waals surface area contributed by atoms with Crippen LogP contribution in [0.3, 0.4) is 0 Å². The second-order valence-electron chi connectivity index (χ2n) is 2.68. The van der Waals surface area contributed by atoms with Crippen molar-refractivity contribution < 1.29 is 4.74 Å². The summed E-state index contributed by atoms with van der Waals surface area (Å²) in [5, 5.41) is 9.25. The molecule has 6 heteroatoms. The molecule has 15 heavy (non-hydrogen) atoms. The number of hydrogen-bond donors (Lipinski definition) is 1. The molecule has 1 aromatic carbocycles.